The highest BCUT2D eigenvalue weighted by Gasteiger charge is 2.16. The van der Waals surface area contributed by atoms with Crippen LogP contribution in [0.2, 0.25) is 0 Å². The van der Waals surface area contributed by atoms with E-state index in [1.54, 1.807) is 0 Å². The maximum absolute atomic E-state index is 13.0. The van der Waals surface area contributed by atoms with E-state index >= 15 is 0 Å². The van der Waals surface area contributed by atoms with Crippen molar-refractivity contribution in [1.82, 2.24) is 4.40 Å². The Kier molecular flexibility index (Phi) is 6.75. The standard InChI is InChI=1S/C29H31NO2/c1-4-7-28(23-11-9-22(10-12-23)20-21(2)3)32-25-15-13-24(14-16-25)29(31)26-17-19-30-18-6-5-8-27(26)30/h5-6,8-19,21,28H,4,7,20H2,1-3H3/t28-/m0/s1. The summed E-state index contributed by atoms with van der Waals surface area (Å²) in [4.78, 5) is 13.0. The zero-order chi connectivity index (χ0) is 22.5. The molecule has 2 heterocycles. The van der Waals surface area contributed by atoms with Crippen molar-refractivity contribution in [2.45, 2.75) is 46.1 Å². The van der Waals surface area contributed by atoms with Crippen LogP contribution in [0.15, 0.2) is 85.2 Å². The van der Waals surface area contributed by atoms with Gasteiger partial charge in [0.25, 0.3) is 0 Å². The van der Waals surface area contributed by atoms with Gasteiger partial charge in [-0.3, -0.25) is 4.79 Å². The first-order valence-corrected chi connectivity index (χ1v) is 11.5. The average molecular weight is 426 g/mol. The molecular formula is C29H31NO2. The van der Waals surface area contributed by atoms with Gasteiger partial charge in [0.1, 0.15) is 11.9 Å². The fraction of sp³-hybridized carbons (Fsp3) is 0.276. The SMILES string of the molecule is CCC[C@H](Oc1ccc(C(=O)c2ccn3ccccc23)cc1)c1ccc(CC(C)C)cc1. The number of hydrogen-bond acceptors (Lipinski definition) is 2. The number of carbonyl (C=O) groups is 1. The summed E-state index contributed by atoms with van der Waals surface area (Å²) in [6.07, 6.45) is 6.95. The van der Waals surface area contributed by atoms with Gasteiger partial charge >= 0.3 is 0 Å². The molecule has 0 bridgehead atoms. The molecule has 0 aliphatic heterocycles. The molecular weight excluding hydrogens is 394 g/mol. The Hall–Kier alpha value is -3.33. The smallest absolute Gasteiger partial charge is 0.195 e. The molecule has 0 amide bonds. The fourth-order valence-corrected chi connectivity index (χ4v) is 4.15. The predicted molar refractivity (Wildman–Crippen MR) is 131 cm³/mol. The number of ether oxygens (including phenoxy) is 1. The summed E-state index contributed by atoms with van der Waals surface area (Å²) in [6.45, 7) is 6.66. The number of pyridine rings is 1. The number of rotatable bonds is 9. The molecule has 0 unspecified atom stereocenters. The van der Waals surface area contributed by atoms with Crippen molar-refractivity contribution >= 4 is 11.3 Å². The van der Waals surface area contributed by atoms with Gasteiger partial charge in [0.15, 0.2) is 5.78 Å². The molecule has 0 spiro atoms. The zero-order valence-corrected chi connectivity index (χ0v) is 19.1. The molecule has 4 aromatic rings. The van der Waals surface area contributed by atoms with E-state index in [0.717, 1.165) is 30.5 Å². The van der Waals surface area contributed by atoms with Crippen molar-refractivity contribution < 1.29 is 9.53 Å². The third-order valence-electron chi connectivity index (χ3n) is 5.75. The van der Waals surface area contributed by atoms with Crippen molar-refractivity contribution in [2.24, 2.45) is 5.92 Å². The Labute approximate surface area is 190 Å². The van der Waals surface area contributed by atoms with E-state index in [0.29, 0.717) is 17.0 Å². The Bertz CT molecular complexity index is 1170. The van der Waals surface area contributed by atoms with Crippen LogP contribution in [-0.4, -0.2) is 10.2 Å². The van der Waals surface area contributed by atoms with Gasteiger partial charge in [-0.25, -0.2) is 0 Å². The predicted octanol–water partition coefficient (Wildman–Crippen LogP) is 7.29. The summed E-state index contributed by atoms with van der Waals surface area (Å²) in [5.41, 5.74) is 4.85. The molecule has 32 heavy (non-hydrogen) atoms. The van der Waals surface area contributed by atoms with Crippen LogP contribution in [-0.2, 0) is 6.42 Å². The van der Waals surface area contributed by atoms with Crippen molar-refractivity contribution in [3.8, 4) is 5.75 Å². The minimum absolute atomic E-state index is 0.00469. The van der Waals surface area contributed by atoms with Crippen LogP contribution in [0.5, 0.6) is 5.75 Å². The normalized spacial score (nSPS) is 12.2. The highest BCUT2D eigenvalue weighted by molar-refractivity contribution is 6.13. The van der Waals surface area contributed by atoms with E-state index in [9.17, 15) is 4.79 Å². The summed E-state index contributed by atoms with van der Waals surface area (Å²) in [5.74, 6) is 1.46. The largest absolute Gasteiger partial charge is 0.486 e. The molecule has 3 nitrogen and oxygen atoms in total. The topological polar surface area (TPSA) is 30.7 Å². The lowest BCUT2D eigenvalue weighted by molar-refractivity contribution is 0.104. The third-order valence-corrected chi connectivity index (χ3v) is 5.75. The molecule has 1 atom stereocenters. The lowest BCUT2D eigenvalue weighted by Gasteiger charge is -2.20. The van der Waals surface area contributed by atoms with Gasteiger partial charge in [-0.2, -0.15) is 0 Å². The second-order valence-electron chi connectivity index (χ2n) is 8.81. The van der Waals surface area contributed by atoms with Gasteiger partial charge in [0, 0.05) is 23.5 Å². The van der Waals surface area contributed by atoms with Crippen LogP contribution in [0.25, 0.3) is 5.52 Å². The van der Waals surface area contributed by atoms with Crippen LogP contribution < -0.4 is 4.74 Å². The van der Waals surface area contributed by atoms with Gasteiger partial charge in [-0.15, -0.1) is 0 Å². The Balaban J connectivity index is 1.49. The van der Waals surface area contributed by atoms with Gasteiger partial charge in [-0.1, -0.05) is 57.5 Å². The van der Waals surface area contributed by atoms with Crippen molar-refractivity contribution in [1.29, 1.82) is 0 Å². The molecule has 164 valence electrons. The first kappa shape index (κ1) is 21.9. The van der Waals surface area contributed by atoms with E-state index < -0.39 is 0 Å². The molecule has 0 saturated heterocycles. The minimum atomic E-state index is 0.00469. The number of aromatic nitrogens is 1. The Morgan fingerprint density at radius 2 is 1.66 bits per heavy atom. The van der Waals surface area contributed by atoms with Crippen molar-refractivity contribution in [2.75, 3.05) is 0 Å². The Morgan fingerprint density at radius 3 is 2.34 bits per heavy atom. The molecule has 0 saturated carbocycles. The summed E-state index contributed by atoms with van der Waals surface area (Å²) < 4.78 is 8.31. The van der Waals surface area contributed by atoms with Crippen LogP contribution in [0.3, 0.4) is 0 Å². The van der Waals surface area contributed by atoms with Gasteiger partial charge in [0.2, 0.25) is 0 Å². The van der Waals surface area contributed by atoms with Gasteiger partial charge in [0.05, 0.1) is 5.52 Å². The van der Waals surface area contributed by atoms with Crippen molar-refractivity contribution in [3.05, 3.63) is 107 Å². The monoisotopic (exact) mass is 425 g/mol. The second-order valence-corrected chi connectivity index (χ2v) is 8.81. The number of fused-ring (bicyclic) bond motifs is 1. The molecule has 0 fully saturated rings. The number of carbonyl (C=O) groups excluding carboxylic acids is 1. The fourth-order valence-electron chi connectivity index (χ4n) is 4.15. The number of nitrogens with zero attached hydrogens (tertiary/aromatic N) is 1. The Morgan fingerprint density at radius 1 is 0.906 bits per heavy atom. The van der Waals surface area contributed by atoms with Crippen LogP contribution in [0, 0.1) is 5.92 Å². The minimum Gasteiger partial charge on any atom is -0.486 e. The number of ketones is 1. The van der Waals surface area contributed by atoms with Gasteiger partial charge < -0.3 is 9.14 Å². The summed E-state index contributed by atoms with van der Waals surface area (Å²) in [6, 6.07) is 24.1. The molecule has 4 rings (SSSR count). The van der Waals surface area contributed by atoms with E-state index in [1.807, 2.05) is 65.3 Å². The highest BCUT2D eigenvalue weighted by atomic mass is 16.5. The van der Waals surface area contributed by atoms with Crippen molar-refractivity contribution in [3.63, 3.8) is 0 Å². The average Bonchev–Trinajstić information content (AvgIpc) is 3.23. The number of benzene rings is 2. The van der Waals surface area contributed by atoms with Crippen LogP contribution >= 0.6 is 0 Å². The lowest BCUT2D eigenvalue weighted by Crippen LogP contribution is -2.08. The summed E-state index contributed by atoms with van der Waals surface area (Å²) >= 11 is 0. The second kappa shape index (κ2) is 9.86. The molecule has 0 aliphatic carbocycles. The number of hydrogen-bond donors (Lipinski definition) is 0. The maximum Gasteiger partial charge on any atom is 0.195 e. The maximum atomic E-state index is 13.0. The molecule has 2 aromatic carbocycles. The lowest BCUT2D eigenvalue weighted by atomic mass is 9.99. The zero-order valence-electron chi connectivity index (χ0n) is 19.1. The quantitative estimate of drug-likeness (QED) is 0.264. The molecule has 0 N–H and O–H groups in total. The van der Waals surface area contributed by atoms with E-state index in [4.69, 9.17) is 4.74 Å². The summed E-state index contributed by atoms with van der Waals surface area (Å²) in [5, 5.41) is 0. The molecule has 0 aliphatic rings. The third kappa shape index (κ3) is 4.94. The van der Waals surface area contributed by atoms with Gasteiger partial charge in [-0.05, 0) is 72.4 Å². The molecule has 2 aromatic heterocycles. The van der Waals surface area contributed by atoms with E-state index in [2.05, 4.69) is 45.0 Å². The van der Waals surface area contributed by atoms with Crippen LogP contribution in [0.1, 0.15) is 66.8 Å². The van der Waals surface area contributed by atoms with E-state index in [1.165, 1.54) is 11.1 Å². The molecule has 3 heteroatoms. The first-order valence-electron chi connectivity index (χ1n) is 11.5. The van der Waals surface area contributed by atoms with E-state index in [-0.39, 0.29) is 11.9 Å². The summed E-state index contributed by atoms with van der Waals surface area (Å²) in [7, 11) is 0. The molecule has 0 radical (unpaired) electrons. The van der Waals surface area contributed by atoms with Crippen LogP contribution in [0.4, 0.5) is 0 Å². The first-order chi connectivity index (χ1) is 15.5. The highest BCUT2D eigenvalue weighted by Crippen LogP contribution is 2.28.